The highest BCUT2D eigenvalue weighted by atomic mass is 32.2. The van der Waals surface area contributed by atoms with Crippen molar-refractivity contribution in [1.82, 2.24) is 4.72 Å². The summed E-state index contributed by atoms with van der Waals surface area (Å²) in [7, 11) is -3.43. The van der Waals surface area contributed by atoms with Crippen molar-refractivity contribution >= 4 is 10.0 Å². The van der Waals surface area contributed by atoms with Crippen LogP contribution in [0.5, 0.6) is 0 Å². The second-order valence-electron chi connectivity index (χ2n) is 5.11. The molecule has 0 aliphatic heterocycles. The molecule has 1 N–H and O–H groups in total. The van der Waals surface area contributed by atoms with E-state index in [1.807, 2.05) is 46.8 Å². The molecule has 0 radical (unpaired) electrons. The average molecular weight is 255 g/mol. The van der Waals surface area contributed by atoms with Crippen molar-refractivity contribution in [1.29, 1.82) is 0 Å². The van der Waals surface area contributed by atoms with Gasteiger partial charge in [-0.05, 0) is 45.7 Å². The number of benzene rings is 1. The van der Waals surface area contributed by atoms with Crippen LogP contribution in [0.3, 0.4) is 0 Å². The van der Waals surface area contributed by atoms with E-state index < -0.39 is 15.6 Å². The summed E-state index contributed by atoms with van der Waals surface area (Å²) >= 11 is 0. The predicted octanol–water partition coefficient (Wildman–Crippen LogP) is 2.77. The topological polar surface area (TPSA) is 46.2 Å². The largest absolute Gasteiger partial charge is 0.241 e. The van der Waals surface area contributed by atoms with Crippen LogP contribution in [0.1, 0.15) is 38.3 Å². The third-order valence-electron chi connectivity index (χ3n) is 2.91. The Labute approximate surface area is 104 Å². The minimum Gasteiger partial charge on any atom is -0.207 e. The zero-order valence-electron chi connectivity index (χ0n) is 11.2. The Balaban J connectivity index is 3.14. The highest BCUT2D eigenvalue weighted by Crippen LogP contribution is 2.19. The summed E-state index contributed by atoms with van der Waals surface area (Å²) in [4.78, 5) is 0.365. The summed E-state index contributed by atoms with van der Waals surface area (Å²) in [6.07, 6.45) is 0.747. The van der Waals surface area contributed by atoms with Gasteiger partial charge < -0.3 is 0 Å². The standard InChI is InChI=1S/C13H21NO2S/c1-6-13(4,5)14-17(15,16)12-8-7-10(2)9-11(12)3/h7-9,14H,6H2,1-5H3. The highest BCUT2D eigenvalue weighted by molar-refractivity contribution is 7.89. The molecule has 0 fully saturated rings. The first-order valence-electron chi connectivity index (χ1n) is 5.79. The van der Waals surface area contributed by atoms with Gasteiger partial charge >= 0.3 is 0 Å². The summed E-state index contributed by atoms with van der Waals surface area (Å²) in [5.41, 5.74) is 1.43. The van der Waals surface area contributed by atoms with Gasteiger partial charge in [0.15, 0.2) is 0 Å². The van der Waals surface area contributed by atoms with Crippen LogP contribution in [0.2, 0.25) is 0 Å². The number of hydrogen-bond acceptors (Lipinski definition) is 2. The van der Waals surface area contributed by atoms with Gasteiger partial charge in [0.1, 0.15) is 0 Å². The molecular formula is C13H21NO2S. The smallest absolute Gasteiger partial charge is 0.207 e. The lowest BCUT2D eigenvalue weighted by atomic mass is 10.0. The number of hydrogen-bond donors (Lipinski definition) is 1. The van der Waals surface area contributed by atoms with Gasteiger partial charge in [0.05, 0.1) is 4.90 Å². The average Bonchev–Trinajstić information content (AvgIpc) is 2.15. The molecule has 0 atom stereocenters. The van der Waals surface area contributed by atoms with Crippen LogP contribution in [0, 0.1) is 13.8 Å². The molecule has 0 bridgehead atoms. The molecule has 0 amide bonds. The van der Waals surface area contributed by atoms with Gasteiger partial charge in [0.25, 0.3) is 0 Å². The van der Waals surface area contributed by atoms with Gasteiger partial charge in [-0.25, -0.2) is 13.1 Å². The molecule has 0 spiro atoms. The van der Waals surface area contributed by atoms with E-state index in [-0.39, 0.29) is 0 Å². The zero-order valence-corrected chi connectivity index (χ0v) is 12.0. The molecule has 0 aliphatic rings. The number of aryl methyl sites for hydroxylation is 2. The maximum atomic E-state index is 12.2. The molecule has 1 aromatic rings. The highest BCUT2D eigenvalue weighted by Gasteiger charge is 2.25. The quantitative estimate of drug-likeness (QED) is 0.899. The van der Waals surface area contributed by atoms with Crippen LogP contribution in [-0.2, 0) is 10.0 Å². The molecule has 0 saturated carbocycles. The Morgan fingerprint density at radius 3 is 2.29 bits per heavy atom. The molecule has 3 nitrogen and oxygen atoms in total. The van der Waals surface area contributed by atoms with Crippen molar-refractivity contribution in [3.63, 3.8) is 0 Å². The van der Waals surface area contributed by atoms with Crippen molar-refractivity contribution in [2.45, 2.75) is 51.5 Å². The van der Waals surface area contributed by atoms with Crippen LogP contribution in [-0.4, -0.2) is 14.0 Å². The van der Waals surface area contributed by atoms with Crippen LogP contribution in [0.4, 0.5) is 0 Å². The molecule has 0 saturated heterocycles. The van der Waals surface area contributed by atoms with Crippen molar-refractivity contribution < 1.29 is 8.42 Å². The van der Waals surface area contributed by atoms with Crippen LogP contribution < -0.4 is 4.72 Å². The Morgan fingerprint density at radius 1 is 1.24 bits per heavy atom. The molecule has 0 aliphatic carbocycles. The molecule has 0 heterocycles. The van der Waals surface area contributed by atoms with Crippen molar-refractivity contribution in [3.8, 4) is 0 Å². The molecule has 96 valence electrons. The van der Waals surface area contributed by atoms with Crippen LogP contribution in [0.15, 0.2) is 23.1 Å². The minimum absolute atomic E-state index is 0.365. The summed E-state index contributed by atoms with van der Waals surface area (Å²) in [5.74, 6) is 0. The van der Waals surface area contributed by atoms with Crippen molar-refractivity contribution in [3.05, 3.63) is 29.3 Å². The number of rotatable bonds is 4. The van der Waals surface area contributed by atoms with Gasteiger partial charge in [-0.15, -0.1) is 0 Å². The molecular weight excluding hydrogens is 234 g/mol. The van der Waals surface area contributed by atoms with E-state index in [0.717, 1.165) is 17.5 Å². The SMILES string of the molecule is CCC(C)(C)NS(=O)(=O)c1ccc(C)cc1C. The van der Waals surface area contributed by atoms with Gasteiger partial charge in [0, 0.05) is 5.54 Å². The molecule has 1 aromatic carbocycles. The third kappa shape index (κ3) is 3.54. The Bertz CT molecular complexity index is 504. The number of nitrogens with one attached hydrogen (secondary N) is 1. The zero-order chi connectivity index (χ0) is 13.3. The Morgan fingerprint density at radius 2 is 1.82 bits per heavy atom. The summed E-state index contributed by atoms with van der Waals surface area (Å²) in [6, 6.07) is 5.37. The van der Waals surface area contributed by atoms with Gasteiger partial charge in [-0.3, -0.25) is 0 Å². The Hall–Kier alpha value is -0.870. The van der Waals surface area contributed by atoms with E-state index >= 15 is 0 Å². The van der Waals surface area contributed by atoms with E-state index in [1.54, 1.807) is 6.07 Å². The lowest BCUT2D eigenvalue weighted by Gasteiger charge is -2.24. The van der Waals surface area contributed by atoms with E-state index in [0.29, 0.717) is 4.90 Å². The van der Waals surface area contributed by atoms with E-state index in [4.69, 9.17) is 0 Å². The van der Waals surface area contributed by atoms with Crippen LogP contribution in [0.25, 0.3) is 0 Å². The third-order valence-corrected chi connectivity index (χ3v) is 4.77. The van der Waals surface area contributed by atoms with Gasteiger partial charge in [0.2, 0.25) is 10.0 Å². The predicted molar refractivity (Wildman–Crippen MR) is 70.6 cm³/mol. The fraction of sp³-hybridized carbons (Fsp3) is 0.538. The Kier molecular flexibility index (Phi) is 3.99. The van der Waals surface area contributed by atoms with Gasteiger partial charge in [-0.2, -0.15) is 0 Å². The van der Waals surface area contributed by atoms with Gasteiger partial charge in [-0.1, -0.05) is 24.6 Å². The summed E-state index contributed by atoms with van der Waals surface area (Å²) < 4.78 is 27.2. The summed E-state index contributed by atoms with van der Waals surface area (Å²) in [6.45, 7) is 9.50. The van der Waals surface area contributed by atoms with Crippen molar-refractivity contribution in [2.75, 3.05) is 0 Å². The van der Waals surface area contributed by atoms with E-state index in [2.05, 4.69) is 4.72 Å². The fourth-order valence-corrected chi connectivity index (χ4v) is 3.30. The molecule has 4 heteroatoms. The second kappa shape index (κ2) is 4.78. The van der Waals surface area contributed by atoms with Crippen molar-refractivity contribution in [2.24, 2.45) is 0 Å². The number of sulfonamides is 1. The van der Waals surface area contributed by atoms with E-state index in [9.17, 15) is 8.42 Å². The maximum absolute atomic E-state index is 12.2. The summed E-state index contributed by atoms with van der Waals surface area (Å²) in [5, 5.41) is 0. The molecule has 1 rings (SSSR count). The first-order chi connectivity index (χ1) is 7.68. The van der Waals surface area contributed by atoms with E-state index in [1.165, 1.54) is 0 Å². The minimum atomic E-state index is -3.43. The monoisotopic (exact) mass is 255 g/mol. The molecule has 0 unspecified atom stereocenters. The van der Waals surface area contributed by atoms with Crippen LogP contribution >= 0.6 is 0 Å². The lowest BCUT2D eigenvalue weighted by molar-refractivity contribution is 0.439. The molecule has 0 aromatic heterocycles. The first kappa shape index (κ1) is 14.2. The second-order valence-corrected chi connectivity index (χ2v) is 6.76. The maximum Gasteiger partial charge on any atom is 0.241 e. The fourth-order valence-electron chi connectivity index (χ4n) is 1.59. The first-order valence-corrected chi connectivity index (χ1v) is 7.27. The molecule has 17 heavy (non-hydrogen) atoms. The lowest BCUT2D eigenvalue weighted by Crippen LogP contribution is -2.42. The normalized spacial score (nSPS) is 12.8.